The number of rotatable bonds is 5. The average molecular weight is 301 g/mol. The van der Waals surface area contributed by atoms with Gasteiger partial charge in [0.15, 0.2) is 0 Å². The van der Waals surface area contributed by atoms with Gasteiger partial charge in [-0.05, 0) is 30.9 Å². The first-order valence-electron chi connectivity index (χ1n) is 7.50. The lowest BCUT2D eigenvalue weighted by atomic mass is 9.99. The lowest BCUT2D eigenvalue weighted by molar-refractivity contribution is -0.138. The fraction of sp³-hybridized carbons (Fsp3) is 0.625. The Morgan fingerprint density at radius 2 is 2.05 bits per heavy atom. The summed E-state index contributed by atoms with van der Waals surface area (Å²) in [7, 11) is 0. The minimum atomic E-state index is -4.29. The number of benzene rings is 1. The standard InChI is InChI=1S/C16H22F3NO/c1-2-5-14-10-13(8-9-21-14)20-11-12-6-3-4-7-15(12)16(17,18)19/h3-4,6-7,13-14,20H,2,5,8-11H2,1H3. The van der Waals surface area contributed by atoms with E-state index in [9.17, 15) is 13.2 Å². The highest BCUT2D eigenvalue weighted by Crippen LogP contribution is 2.32. The highest BCUT2D eigenvalue weighted by molar-refractivity contribution is 5.29. The molecule has 1 saturated heterocycles. The second-order valence-electron chi connectivity index (χ2n) is 5.54. The van der Waals surface area contributed by atoms with E-state index in [1.165, 1.54) is 6.07 Å². The third-order valence-corrected chi connectivity index (χ3v) is 3.88. The molecule has 2 rings (SSSR count). The predicted molar refractivity (Wildman–Crippen MR) is 76.0 cm³/mol. The van der Waals surface area contributed by atoms with Gasteiger partial charge in [0.25, 0.3) is 0 Å². The van der Waals surface area contributed by atoms with Crippen molar-refractivity contribution < 1.29 is 17.9 Å². The van der Waals surface area contributed by atoms with E-state index in [1.807, 2.05) is 0 Å². The number of nitrogens with one attached hydrogen (secondary N) is 1. The van der Waals surface area contributed by atoms with Crippen LogP contribution in [0.15, 0.2) is 24.3 Å². The first-order valence-corrected chi connectivity index (χ1v) is 7.50. The van der Waals surface area contributed by atoms with Gasteiger partial charge in [-0.25, -0.2) is 0 Å². The Kier molecular flexibility index (Phi) is 5.65. The number of halogens is 3. The Balaban J connectivity index is 1.94. The molecule has 2 atom stereocenters. The highest BCUT2D eigenvalue weighted by Gasteiger charge is 2.33. The van der Waals surface area contributed by atoms with Crippen LogP contribution in [0.4, 0.5) is 13.2 Å². The normalized spacial score (nSPS) is 23.2. The summed E-state index contributed by atoms with van der Waals surface area (Å²) < 4.78 is 44.4. The largest absolute Gasteiger partial charge is 0.416 e. The fourth-order valence-electron chi connectivity index (χ4n) is 2.79. The predicted octanol–water partition coefficient (Wildman–Crippen LogP) is 4.14. The molecule has 1 aromatic carbocycles. The van der Waals surface area contributed by atoms with Gasteiger partial charge in [-0.1, -0.05) is 31.5 Å². The lowest BCUT2D eigenvalue weighted by Crippen LogP contribution is -2.38. The molecule has 118 valence electrons. The monoisotopic (exact) mass is 301 g/mol. The molecule has 2 nitrogen and oxygen atoms in total. The van der Waals surface area contributed by atoms with E-state index in [0.29, 0.717) is 12.2 Å². The SMILES string of the molecule is CCCC1CC(NCc2ccccc2C(F)(F)F)CCO1. The molecule has 0 amide bonds. The van der Waals surface area contributed by atoms with E-state index >= 15 is 0 Å². The Labute approximate surface area is 123 Å². The molecule has 0 bridgehead atoms. The molecule has 0 aliphatic carbocycles. The Bertz CT molecular complexity index is 445. The summed E-state index contributed by atoms with van der Waals surface area (Å²) in [5.74, 6) is 0. The lowest BCUT2D eigenvalue weighted by Gasteiger charge is -2.30. The van der Waals surface area contributed by atoms with E-state index in [-0.39, 0.29) is 18.7 Å². The van der Waals surface area contributed by atoms with Crippen LogP contribution >= 0.6 is 0 Å². The molecule has 2 unspecified atom stereocenters. The molecule has 1 aliphatic heterocycles. The molecule has 1 aromatic rings. The van der Waals surface area contributed by atoms with Crippen LogP contribution in [-0.2, 0) is 17.5 Å². The average Bonchev–Trinajstić information content (AvgIpc) is 2.45. The molecule has 1 N–H and O–H groups in total. The summed E-state index contributed by atoms with van der Waals surface area (Å²) in [6.45, 7) is 3.04. The summed E-state index contributed by atoms with van der Waals surface area (Å²) in [5, 5.41) is 3.26. The molecule has 1 aliphatic rings. The van der Waals surface area contributed by atoms with Crippen LogP contribution in [0.25, 0.3) is 0 Å². The molecule has 1 fully saturated rings. The number of ether oxygens (including phenoxy) is 1. The zero-order valence-electron chi connectivity index (χ0n) is 12.2. The topological polar surface area (TPSA) is 21.3 Å². The quantitative estimate of drug-likeness (QED) is 0.882. The van der Waals surface area contributed by atoms with E-state index in [2.05, 4.69) is 12.2 Å². The van der Waals surface area contributed by atoms with Crippen molar-refractivity contribution in [3.05, 3.63) is 35.4 Å². The first kappa shape index (κ1) is 16.3. The fourth-order valence-corrected chi connectivity index (χ4v) is 2.79. The second kappa shape index (κ2) is 7.27. The molecule has 0 spiro atoms. The van der Waals surface area contributed by atoms with Crippen molar-refractivity contribution in [3.63, 3.8) is 0 Å². The van der Waals surface area contributed by atoms with Gasteiger partial charge in [0, 0.05) is 19.2 Å². The van der Waals surface area contributed by atoms with Gasteiger partial charge in [-0.2, -0.15) is 13.2 Å². The van der Waals surface area contributed by atoms with Crippen molar-refractivity contribution in [2.75, 3.05) is 6.61 Å². The summed E-state index contributed by atoms with van der Waals surface area (Å²) in [6.07, 6.45) is -0.250. The molecule has 21 heavy (non-hydrogen) atoms. The number of hydrogen-bond acceptors (Lipinski definition) is 2. The van der Waals surface area contributed by atoms with Crippen molar-refractivity contribution >= 4 is 0 Å². The summed E-state index contributed by atoms with van der Waals surface area (Å²) in [5.41, 5.74) is -0.238. The maximum absolute atomic E-state index is 12.9. The van der Waals surface area contributed by atoms with Crippen LogP contribution in [-0.4, -0.2) is 18.8 Å². The number of hydrogen-bond donors (Lipinski definition) is 1. The molecule has 0 aromatic heterocycles. The van der Waals surface area contributed by atoms with Gasteiger partial charge in [0.05, 0.1) is 11.7 Å². The minimum Gasteiger partial charge on any atom is -0.378 e. The van der Waals surface area contributed by atoms with Crippen molar-refractivity contribution in [3.8, 4) is 0 Å². The molecule has 0 saturated carbocycles. The molecule has 5 heteroatoms. The van der Waals surface area contributed by atoms with Gasteiger partial charge >= 0.3 is 6.18 Å². The molecular weight excluding hydrogens is 279 g/mol. The van der Waals surface area contributed by atoms with Crippen molar-refractivity contribution in [2.24, 2.45) is 0 Å². The van der Waals surface area contributed by atoms with Crippen molar-refractivity contribution in [1.82, 2.24) is 5.32 Å². The Hall–Kier alpha value is -1.07. The van der Waals surface area contributed by atoms with Crippen LogP contribution in [0.2, 0.25) is 0 Å². The maximum Gasteiger partial charge on any atom is 0.416 e. The van der Waals surface area contributed by atoms with E-state index in [0.717, 1.165) is 31.7 Å². The van der Waals surface area contributed by atoms with E-state index < -0.39 is 11.7 Å². The van der Waals surface area contributed by atoms with Crippen LogP contribution in [0, 0.1) is 0 Å². The second-order valence-corrected chi connectivity index (χ2v) is 5.54. The third kappa shape index (κ3) is 4.71. The van der Waals surface area contributed by atoms with Gasteiger partial charge in [0.1, 0.15) is 0 Å². The molecule has 1 heterocycles. The number of alkyl halides is 3. The zero-order chi connectivity index (χ0) is 15.3. The zero-order valence-corrected chi connectivity index (χ0v) is 12.2. The van der Waals surface area contributed by atoms with Crippen molar-refractivity contribution in [2.45, 2.75) is 57.5 Å². The highest BCUT2D eigenvalue weighted by atomic mass is 19.4. The summed E-state index contributed by atoms with van der Waals surface area (Å²) in [4.78, 5) is 0. The first-order chi connectivity index (χ1) is 10.0. The third-order valence-electron chi connectivity index (χ3n) is 3.88. The molecule has 0 radical (unpaired) electrons. The Morgan fingerprint density at radius 3 is 2.76 bits per heavy atom. The summed E-state index contributed by atoms with van der Waals surface area (Å²) >= 11 is 0. The van der Waals surface area contributed by atoms with Crippen molar-refractivity contribution in [1.29, 1.82) is 0 Å². The minimum absolute atomic E-state index is 0.233. The Morgan fingerprint density at radius 1 is 1.29 bits per heavy atom. The molecular formula is C16H22F3NO. The van der Waals surface area contributed by atoms with Crippen LogP contribution in [0.3, 0.4) is 0 Å². The van der Waals surface area contributed by atoms with Crippen LogP contribution in [0.1, 0.15) is 43.7 Å². The summed E-state index contributed by atoms with van der Waals surface area (Å²) in [6, 6.07) is 5.99. The van der Waals surface area contributed by atoms with Gasteiger partial charge in [0.2, 0.25) is 0 Å². The van der Waals surface area contributed by atoms with Crippen LogP contribution < -0.4 is 5.32 Å². The van der Waals surface area contributed by atoms with Gasteiger partial charge < -0.3 is 10.1 Å². The maximum atomic E-state index is 12.9. The van der Waals surface area contributed by atoms with E-state index in [1.54, 1.807) is 12.1 Å². The van der Waals surface area contributed by atoms with E-state index in [4.69, 9.17) is 4.74 Å². The van der Waals surface area contributed by atoms with Gasteiger partial charge in [-0.3, -0.25) is 0 Å². The van der Waals surface area contributed by atoms with Crippen LogP contribution in [0.5, 0.6) is 0 Å². The smallest absolute Gasteiger partial charge is 0.378 e. The van der Waals surface area contributed by atoms with Gasteiger partial charge in [-0.15, -0.1) is 0 Å².